The lowest BCUT2D eigenvalue weighted by atomic mass is 9.77. The van der Waals surface area contributed by atoms with Gasteiger partial charge in [-0.2, -0.15) is 14.9 Å². The number of rotatable bonds is 7. The molecule has 3 aromatic rings. The van der Waals surface area contributed by atoms with Gasteiger partial charge in [0.05, 0.1) is 37.3 Å². The van der Waals surface area contributed by atoms with Gasteiger partial charge in [0.25, 0.3) is 0 Å². The van der Waals surface area contributed by atoms with E-state index in [-0.39, 0.29) is 6.04 Å². The van der Waals surface area contributed by atoms with Gasteiger partial charge >= 0.3 is 0 Å². The van der Waals surface area contributed by atoms with Gasteiger partial charge < -0.3 is 14.7 Å². The minimum atomic E-state index is -0.900. The third-order valence-electron chi connectivity index (χ3n) is 7.18. The molecule has 1 aliphatic heterocycles. The second kappa shape index (κ2) is 8.24. The molecular formula is C23H32N6O2. The molecule has 1 aliphatic carbocycles. The molecular weight excluding hydrogens is 392 g/mol. The highest BCUT2D eigenvalue weighted by Crippen LogP contribution is 2.41. The number of hydrogen-bond donors (Lipinski definition) is 2. The number of aromatic nitrogens is 5. The van der Waals surface area contributed by atoms with Crippen molar-refractivity contribution in [3.63, 3.8) is 0 Å². The molecule has 8 heteroatoms. The lowest BCUT2D eigenvalue weighted by Gasteiger charge is -2.36. The summed E-state index contributed by atoms with van der Waals surface area (Å²) in [5, 5.41) is 24.4. The minimum absolute atomic E-state index is 0.222. The quantitative estimate of drug-likeness (QED) is 0.603. The molecule has 2 atom stereocenters. The summed E-state index contributed by atoms with van der Waals surface area (Å²) in [7, 11) is 0. The number of morpholine rings is 1. The first-order chi connectivity index (χ1) is 15.1. The number of hydrogen-bond acceptors (Lipinski definition) is 6. The Morgan fingerprint density at radius 1 is 1.35 bits per heavy atom. The Balaban J connectivity index is 1.62. The maximum Gasteiger partial charge on any atom is 0.167 e. The van der Waals surface area contributed by atoms with E-state index >= 15 is 0 Å². The molecule has 0 bridgehead atoms. The molecule has 2 fully saturated rings. The van der Waals surface area contributed by atoms with Crippen molar-refractivity contribution in [3.8, 4) is 5.82 Å². The molecule has 166 valence electrons. The van der Waals surface area contributed by atoms with Crippen molar-refractivity contribution >= 4 is 16.9 Å². The Labute approximate surface area is 182 Å². The van der Waals surface area contributed by atoms with Crippen molar-refractivity contribution in [3.05, 3.63) is 30.1 Å². The summed E-state index contributed by atoms with van der Waals surface area (Å²) in [6.07, 6.45) is 9.93. The number of anilines is 1. The molecule has 1 saturated heterocycles. The third-order valence-corrected chi connectivity index (χ3v) is 7.18. The van der Waals surface area contributed by atoms with Crippen LogP contribution in [0.2, 0.25) is 0 Å². The molecule has 0 amide bonds. The zero-order chi connectivity index (χ0) is 21.4. The van der Waals surface area contributed by atoms with Gasteiger partial charge in [-0.3, -0.25) is 5.10 Å². The van der Waals surface area contributed by atoms with Gasteiger partial charge in [0, 0.05) is 18.0 Å². The highest BCUT2D eigenvalue weighted by molar-refractivity contribution is 5.83. The van der Waals surface area contributed by atoms with Crippen molar-refractivity contribution in [2.75, 3.05) is 24.7 Å². The Hall–Kier alpha value is -2.45. The number of pyridine rings is 1. The molecule has 0 radical (unpaired) electrons. The van der Waals surface area contributed by atoms with E-state index in [0.29, 0.717) is 19.6 Å². The zero-order valence-electron chi connectivity index (χ0n) is 18.4. The van der Waals surface area contributed by atoms with Crippen LogP contribution in [0, 0.1) is 5.92 Å². The van der Waals surface area contributed by atoms with Crippen molar-refractivity contribution in [1.29, 1.82) is 0 Å². The average Bonchev–Trinajstić information content (AvgIpc) is 3.41. The Kier molecular flexibility index (Phi) is 5.44. The number of fused-ring (bicyclic) bond motifs is 1. The predicted octanol–water partition coefficient (Wildman–Crippen LogP) is 3.55. The molecule has 2 aliphatic rings. The van der Waals surface area contributed by atoms with Crippen LogP contribution in [0.25, 0.3) is 16.9 Å². The van der Waals surface area contributed by atoms with Gasteiger partial charge in [0.15, 0.2) is 11.5 Å². The average molecular weight is 425 g/mol. The summed E-state index contributed by atoms with van der Waals surface area (Å²) in [5.41, 5.74) is 0.771. The standard InChI is InChI=1S/C23H32N6O2/c1-3-23(30,9-7-17-5-4-6-17)19-13-21(28-11-12-31-15-16(28)2)26-22-18(19)14-25-29(22)20-8-10-24-27-20/h8,10,13-14,16-17,30H,3-7,9,11-12,15H2,1-2H3,(H,24,27)/t16-,23?/m1/s1. The van der Waals surface area contributed by atoms with E-state index in [1.54, 1.807) is 10.9 Å². The van der Waals surface area contributed by atoms with Crippen LogP contribution in [0.15, 0.2) is 24.5 Å². The molecule has 0 spiro atoms. The number of aromatic amines is 1. The fraction of sp³-hybridized carbons (Fsp3) is 0.609. The number of nitrogens with one attached hydrogen (secondary N) is 1. The fourth-order valence-corrected chi connectivity index (χ4v) is 4.86. The summed E-state index contributed by atoms with van der Waals surface area (Å²) in [4.78, 5) is 7.28. The summed E-state index contributed by atoms with van der Waals surface area (Å²) in [6.45, 7) is 6.36. The first-order valence-corrected chi connectivity index (χ1v) is 11.5. The first kappa shape index (κ1) is 20.5. The lowest BCUT2D eigenvalue weighted by Crippen LogP contribution is -2.44. The second-order valence-electron chi connectivity index (χ2n) is 9.10. The molecule has 2 N–H and O–H groups in total. The van der Waals surface area contributed by atoms with Crippen LogP contribution in [0.1, 0.15) is 57.9 Å². The van der Waals surface area contributed by atoms with Crippen molar-refractivity contribution < 1.29 is 9.84 Å². The monoisotopic (exact) mass is 424 g/mol. The van der Waals surface area contributed by atoms with E-state index in [0.717, 1.165) is 53.5 Å². The zero-order valence-corrected chi connectivity index (χ0v) is 18.4. The van der Waals surface area contributed by atoms with Crippen LogP contribution in [0.3, 0.4) is 0 Å². The van der Waals surface area contributed by atoms with Crippen molar-refractivity contribution in [2.45, 2.75) is 64.0 Å². The Bertz CT molecular complexity index is 1030. The maximum absolute atomic E-state index is 11.9. The van der Waals surface area contributed by atoms with Gasteiger partial charge in [0.2, 0.25) is 0 Å². The van der Waals surface area contributed by atoms with E-state index in [9.17, 15) is 5.11 Å². The Morgan fingerprint density at radius 2 is 2.23 bits per heavy atom. The van der Waals surface area contributed by atoms with E-state index in [1.165, 1.54) is 19.3 Å². The minimum Gasteiger partial charge on any atom is -0.385 e. The van der Waals surface area contributed by atoms with Crippen LogP contribution in [-0.4, -0.2) is 55.9 Å². The first-order valence-electron chi connectivity index (χ1n) is 11.5. The topological polar surface area (TPSA) is 92.1 Å². The highest BCUT2D eigenvalue weighted by Gasteiger charge is 2.34. The molecule has 4 heterocycles. The normalized spacial score (nSPS) is 21.9. The van der Waals surface area contributed by atoms with E-state index in [4.69, 9.17) is 9.72 Å². The molecule has 1 saturated carbocycles. The van der Waals surface area contributed by atoms with E-state index in [2.05, 4.69) is 40.1 Å². The molecule has 0 aromatic carbocycles. The van der Waals surface area contributed by atoms with Gasteiger partial charge in [-0.15, -0.1) is 0 Å². The number of nitrogens with zero attached hydrogens (tertiary/aromatic N) is 5. The van der Waals surface area contributed by atoms with Crippen LogP contribution in [0.4, 0.5) is 5.82 Å². The smallest absolute Gasteiger partial charge is 0.167 e. The SMILES string of the molecule is CCC(O)(CCC1CCC1)c1cc(N2CCOC[C@H]2C)nc2c1cnn2-c1ccn[nH]1. The molecule has 5 rings (SSSR count). The second-order valence-corrected chi connectivity index (χ2v) is 9.10. The van der Waals surface area contributed by atoms with E-state index < -0.39 is 5.60 Å². The third kappa shape index (κ3) is 3.72. The maximum atomic E-state index is 11.9. The molecule has 8 nitrogen and oxygen atoms in total. The van der Waals surface area contributed by atoms with Crippen molar-refractivity contribution in [1.82, 2.24) is 25.0 Å². The summed E-state index contributed by atoms with van der Waals surface area (Å²) >= 11 is 0. The van der Waals surface area contributed by atoms with Crippen molar-refractivity contribution in [2.24, 2.45) is 5.92 Å². The van der Waals surface area contributed by atoms with Crippen LogP contribution in [0.5, 0.6) is 0 Å². The summed E-state index contributed by atoms with van der Waals surface area (Å²) in [5.74, 6) is 2.38. The van der Waals surface area contributed by atoms with Crippen LogP contribution < -0.4 is 4.90 Å². The van der Waals surface area contributed by atoms with Crippen LogP contribution in [-0.2, 0) is 10.3 Å². The largest absolute Gasteiger partial charge is 0.385 e. The molecule has 31 heavy (non-hydrogen) atoms. The number of H-pyrrole nitrogens is 1. The van der Waals surface area contributed by atoms with Gasteiger partial charge in [-0.05, 0) is 43.7 Å². The van der Waals surface area contributed by atoms with Gasteiger partial charge in [0.1, 0.15) is 5.82 Å². The van der Waals surface area contributed by atoms with Gasteiger partial charge in [-0.1, -0.05) is 26.2 Å². The van der Waals surface area contributed by atoms with Crippen LogP contribution >= 0.6 is 0 Å². The Morgan fingerprint density at radius 3 is 2.90 bits per heavy atom. The molecule has 3 aromatic heterocycles. The lowest BCUT2D eigenvalue weighted by molar-refractivity contribution is 0.0146. The summed E-state index contributed by atoms with van der Waals surface area (Å²) in [6, 6.07) is 4.19. The number of ether oxygens (including phenoxy) is 1. The van der Waals surface area contributed by atoms with Gasteiger partial charge in [-0.25, -0.2) is 4.98 Å². The predicted molar refractivity (Wildman–Crippen MR) is 119 cm³/mol. The number of aliphatic hydroxyl groups is 1. The fourth-order valence-electron chi connectivity index (χ4n) is 4.86. The highest BCUT2D eigenvalue weighted by atomic mass is 16.5. The molecule has 1 unspecified atom stereocenters. The van der Waals surface area contributed by atoms with E-state index in [1.807, 2.05) is 12.3 Å². The summed E-state index contributed by atoms with van der Waals surface area (Å²) < 4.78 is 7.42.